The van der Waals surface area contributed by atoms with Gasteiger partial charge < -0.3 is 4.74 Å². The molecule has 3 unspecified atom stereocenters. The van der Waals surface area contributed by atoms with Crippen LogP contribution >= 0.6 is 0 Å². The molecule has 0 N–H and O–H groups in total. The molecule has 3 rings (SSSR count). The van der Waals surface area contributed by atoms with Gasteiger partial charge in [-0.1, -0.05) is 90.0 Å². The lowest BCUT2D eigenvalue weighted by Crippen LogP contribution is -2.40. The van der Waals surface area contributed by atoms with E-state index in [1.165, 1.54) is 12.5 Å². The molecule has 0 heterocycles. The molecule has 0 amide bonds. The summed E-state index contributed by atoms with van der Waals surface area (Å²) < 4.78 is 80.1. The Kier molecular flexibility index (Phi) is 11.0. The average Bonchev–Trinajstić information content (AvgIpc) is 2.87. The summed E-state index contributed by atoms with van der Waals surface area (Å²) in [6.07, 6.45) is 5.17. The van der Waals surface area contributed by atoms with Crippen LogP contribution in [0.4, 0.5) is 22.0 Å². The number of hydrogen-bond acceptors (Lipinski definition) is 1. The smallest absolute Gasteiger partial charge is 0.302 e. The van der Waals surface area contributed by atoms with Crippen molar-refractivity contribution in [3.63, 3.8) is 0 Å². The van der Waals surface area contributed by atoms with Crippen LogP contribution in [0.2, 0.25) is 0 Å². The second-order valence-electron chi connectivity index (χ2n) is 10.7. The lowest BCUT2D eigenvalue weighted by atomic mass is 9.83. The highest BCUT2D eigenvalue weighted by Crippen LogP contribution is 2.45. The Morgan fingerprint density at radius 1 is 0.946 bits per heavy atom. The minimum absolute atomic E-state index is 0.0205. The molecule has 0 aromatic heterocycles. The Morgan fingerprint density at radius 2 is 1.65 bits per heavy atom. The standard InChI is InChI=1S/C31H41F5O/c1-4-6-8-9-11-25(32)20-37-27-17-16-24-19-26(29(33)30(34)28(24)31(27,35)36)23-14-12-22(13-15-23)18-21(3)10-7-5-2/h12-15,19,21,25,27H,4-11,16-18,20H2,1-3H3. The fourth-order valence-electron chi connectivity index (χ4n) is 5.24. The van der Waals surface area contributed by atoms with Gasteiger partial charge in [0.05, 0.1) is 12.2 Å². The van der Waals surface area contributed by atoms with E-state index in [1.807, 2.05) is 12.1 Å². The van der Waals surface area contributed by atoms with Crippen LogP contribution in [0.5, 0.6) is 0 Å². The average molecular weight is 525 g/mol. The van der Waals surface area contributed by atoms with E-state index >= 15 is 17.6 Å². The van der Waals surface area contributed by atoms with E-state index in [0.717, 1.165) is 44.1 Å². The topological polar surface area (TPSA) is 9.23 Å². The maximum Gasteiger partial charge on any atom is 0.302 e. The molecule has 3 atom stereocenters. The van der Waals surface area contributed by atoms with Crippen LogP contribution < -0.4 is 0 Å². The van der Waals surface area contributed by atoms with Crippen molar-refractivity contribution in [3.8, 4) is 11.1 Å². The van der Waals surface area contributed by atoms with Crippen molar-refractivity contribution in [3.05, 3.63) is 58.7 Å². The number of rotatable bonds is 14. The van der Waals surface area contributed by atoms with Gasteiger partial charge in [-0.15, -0.1) is 0 Å². The molecule has 0 radical (unpaired) electrons. The first-order valence-corrected chi connectivity index (χ1v) is 13.9. The van der Waals surface area contributed by atoms with Crippen LogP contribution in [0.1, 0.15) is 95.2 Å². The lowest BCUT2D eigenvalue weighted by Gasteiger charge is -2.34. The zero-order valence-corrected chi connectivity index (χ0v) is 22.4. The van der Waals surface area contributed by atoms with E-state index in [1.54, 1.807) is 12.1 Å². The molecular formula is C31H41F5O. The number of halogens is 5. The number of benzene rings is 2. The normalized spacial score (nSPS) is 18.4. The summed E-state index contributed by atoms with van der Waals surface area (Å²) in [4.78, 5) is 0. The van der Waals surface area contributed by atoms with Crippen molar-refractivity contribution in [2.75, 3.05) is 6.61 Å². The van der Waals surface area contributed by atoms with Crippen LogP contribution in [-0.4, -0.2) is 18.9 Å². The van der Waals surface area contributed by atoms with Gasteiger partial charge in [0, 0.05) is 5.56 Å². The van der Waals surface area contributed by atoms with Gasteiger partial charge in [-0.3, -0.25) is 0 Å². The second-order valence-corrected chi connectivity index (χ2v) is 10.7. The first-order valence-electron chi connectivity index (χ1n) is 13.9. The highest BCUT2D eigenvalue weighted by Gasteiger charge is 2.49. The summed E-state index contributed by atoms with van der Waals surface area (Å²) in [7, 11) is 0. The fourth-order valence-corrected chi connectivity index (χ4v) is 5.24. The third kappa shape index (κ3) is 7.55. The van der Waals surface area contributed by atoms with E-state index in [2.05, 4.69) is 20.8 Å². The minimum atomic E-state index is -3.74. The summed E-state index contributed by atoms with van der Waals surface area (Å²) >= 11 is 0. The number of fused-ring (bicyclic) bond motifs is 1. The van der Waals surface area contributed by atoms with Crippen LogP contribution in [-0.2, 0) is 23.5 Å². The first kappa shape index (κ1) is 29.6. The molecule has 206 valence electrons. The van der Waals surface area contributed by atoms with Crippen LogP contribution in [0, 0.1) is 17.6 Å². The number of ether oxygens (including phenoxy) is 1. The van der Waals surface area contributed by atoms with Gasteiger partial charge in [0.15, 0.2) is 11.6 Å². The van der Waals surface area contributed by atoms with Gasteiger partial charge in [0.25, 0.3) is 0 Å². The van der Waals surface area contributed by atoms with Crippen molar-refractivity contribution in [2.45, 2.75) is 110 Å². The molecule has 1 aliphatic carbocycles. The highest BCUT2D eigenvalue weighted by atomic mass is 19.3. The van der Waals surface area contributed by atoms with Crippen molar-refractivity contribution in [2.24, 2.45) is 5.92 Å². The number of alkyl halides is 3. The molecule has 0 saturated carbocycles. The van der Waals surface area contributed by atoms with E-state index in [9.17, 15) is 4.39 Å². The van der Waals surface area contributed by atoms with Crippen LogP contribution in [0.3, 0.4) is 0 Å². The number of unbranched alkanes of at least 4 members (excludes halogenated alkanes) is 4. The predicted molar refractivity (Wildman–Crippen MR) is 140 cm³/mol. The molecule has 0 aliphatic heterocycles. The molecule has 2 aromatic rings. The van der Waals surface area contributed by atoms with Gasteiger partial charge in [0.2, 0.25) is 0 Å². The molecule has 2 aromatic carbocycles. The molecule has 1 aliphatic rings. The summed E-state index contributed by atoms with van der Waals surface area (Å²) in [6.45, 7) is 5.94. The van der Waals surface area contributed by atoms with Gasteiger partial charge in [-0.2, -0.15) is 8.78 Å². The molecular weight excluding hydrogens is 483 g/mol. The summed E-state index contributed by atoms with van der Waals surface area (Å²) in [6, 6.07) is 8.57. The first-order chi connectivity index (χ1) is 17.7. The van der Waals surface area contributed by atoms with Gasteiger partial charge in [-0.25, -0.2) is 13.2 Å². The molecule has 0 bridgehead atoms. The van der Waals surface area contributed by atoms with Gasteiger partial charge in [0.1, 0.15) is 12.3 Å². The molecule has 0 fully saturated rings. The van der Waals surface area contributed by atoms with Crippen molar-refractivity contribution in [1.29, 1.82) is 0 Å². The maximum absolute atomic E-state index is 15.2. The maximum atomic E-state index is 15.2. The van der Waals surface area contributed by atoms with Crippen LogP contribution in [0.15, 0.2) is 30.3 Å². The largest absolute Gasteiger partial charge is 0.369 e. The van der Waals surface area contributed by atoms with Crippen LogP contribution in [0.25, 0.3) is 11.1 Å². The van der Waals surface area contributed by atoms with E-state index in [-0.39, 0.29) is 30.4 Å². The quantitative estimate of drug-likeness (QED) is 0.177. The Hall–Kier alpha value is -1.95. The third-order valence-electron chi connectivity index (χ3n) is 7.45. The molecule has 6 heteroatoms. The zero-order chi connectivity index (χ0) is 27.0. The predicted octanol–water partition coefficient (Wildman–Crippen LogP) is 9.73. The third-order valence-corrected chi connectivity index (χ3v) is 7.45. The van der Waals surface area contributed by atoms with Crippen molar-refractivity contribution < 1.29 is 26.7 Å². The summed E-state index contributed by atoms with van der Waals surface area (Å²) in [5, 5.41) is 0. The number of aryl methyl sites for hydroxylation is 1. The molecule has 1 nitrogen and oxygen atoms in total. The Labute approximate surface area is 218 Å². The SMILES string of the molecule is CCCCCCC(F)COC1CCc2cc(-c3ccc(CC(C)CCCC)cc3)c(F)c(F)c2C1(F)F. The number of hydrogen-bond donors (Lipinski definition) is 0. The van der Waals surface area contributed by atoms with Crippen molar-refractivity contribution in [1.82, 2.24) is 0 Å². The minimum Gasteiger partial charge on any atom is -0.369 e. The Balaban J connectivity index is 1.72. The Morgan fingerprint density at radius 3 is 2.32 bits per heavy atom. The highest BCUT2D eigenvalue weighted by molar-refractivity contribution is 5.67. The van der Waals surface area contributed by atoms with E-state index in [4.69, 9.17) is 4.74 Å². The zero-order valence-electron chi connectivity index (χ0n) is 22.4. The monoisotopic (exact) mass is 524 g/mol. The summed E-state index contributed by atoms with van der Waals surface area (Å²) in [5.74, 6) is -6.05. The van der Waals surface area contributed by atoms with E-state index < -0.39 is 42.0 Å². The summed E-state index contributed by atoms with van der Waals surface area (Å²) in [5.41, 5.74) is 0.661. The van der Waals surface area contributed by atoms with E-state index in [0.29, 0.717) is 17.9 Å². The van der Waals surface area contributed by atoms with Crippen molar-refractivity contribution >= 4 is 0 Å². The van der Waals surface area contributed by atoms with Gasteiger partial charge in [-0.05, 0) is 54.4 Å². The molecule has 37 heavy (non-hydrogen) atoms. The second kappa shape index (κ2) is 13.7. The fraction of sp³-hybridized carbons (Fsp3) is 0.613. The Bertz CT molecular complexity index is 988. The molecule has 0 spiro atoms. The molecule has 0 saturated heterocycles. The lowest BCUT2D eigenvalue weighted by molar-refractivity contribution is -0.160. The van der Waals surface area contributed by atoms with Gasteiger partial charge >= 0.3 is 5.92 Å².